The van der Waals surface area contributed by atoms with Crippen LogP contribution in [0.25, 0.3) is 0 Å². The number of carbonyl (C=O) groups is 1. The smallest absolute Gasteiger partial charge is 0.239 e. The Morgan fingerprint density at radius 3 is 2.43 bits per heavy atom. The predicted molar refractivity (Wildman–Crippen MR) is 126 cm³/mol. The molecule has 7 heteroatoms. The number of hydrogen-bond acceptors (Lipinski definition) is 3. The molecule has 1 aliphatic carbocycles. The van der Waals surface area contributed by atoms with Crippen molar-refractivity contribution in [3.8, 4) is 0 Å². The number of halogens is 1. The second kappa shape index (κ2) is 12.0. The fourth-order valence-corrected chi connectivity index (χ4v) is 4.34. The molecule has 28 heavy (non-hydrogen) atoms. The average molecular weight is 503 g/mol. The zero-order valence-electron chi connectivity index (χ0n) is 17.6. The summed E-state index contributed by atoms with van der Waals surface area (Å²) in [6.45, 7) is 11.6. The van der Waals surface area contributed by atoms with Gasteiger partial charge in [-0.2, -0.15) is 0 Å². The Labute approximate surface area is 187 Å². The molecule has 2 atom stereocenters. The van der Waals surface area contributed by atoms with Crippen LogP contribution in [0.2, 0.25) is 0 Å². The number of allylic oxidation sites excluding steroid dienone is 2. The van der Waals surface area contributed by atoms with Gasteiger partial charge < -0.3 is 15.1 Å². The van der Waals surface area contributed by atoms with Crippen LogP contribution < -0.4 is 5.32 Å². The van der Waals surface area contributed by atoms with Gasteiger partial charge in [-0.05, 0) is 51.9 Å². The van der Waals surface area contributed by atoms with E-state index in [2.05, 4.69) is 41.1 Å². The van der Waals surface area contributed by atoms with E-state index in [1.165, 1.54) is 12.8 Å². The molecule has 3 rings (SSSR count). The third-order valence-electron chi connectivity index (χ3n) is 6.15. The Bertz CT molecular complexity index is 539. The highest BCUT2D eigenvalue weighted by Gasteiger charge is 2.30. The summed E-state index contributed by atoms with van der Waals surface area (Å²) in [7, 11) is 0. The first-order chi connectivity index (χ1) is 13.2. The number of piperazine rings is 1. The van der Waals surface area contributed by atoms with Crippen molar-refractivity contribution in [2.24, 2.45) is 10.9 Å². The first-order valence-electron chi connectivity index (χ1n) is 10.9. The van der Waals surface area contributed by atoms with Gasteiger partial charge in [-0.25, -0.2) is 0 Å². The van der Waals surface area contributed by atoms with E-state index in [0.29, 0.717) is 11.8 Å². The largest absolute Gasteiger partial charge is 0.357 e. The van der Waals surface area contributed by atoms with Crippen molar-refractivity contribution >= 4 is 35.8 Å². The number of nitrogens with one attached hydrogen (secondary N) is 1. The molecule has 0 aromatic rings. The zero-order valence-corrected chi connectivity index (χ0v) is 19.9. The van der Waals surface area contributed by atoms with Gasteiger partial charge >= 0.3 is 0 Å². The first kappa shape index (κ1) is 23.4. The number of likely N-dealkylation sites (tertiary alicyclic amines) is 1. The molecule has 0 spiro atoms. The van der Waals surface area contributed by atoms with Crippen LogP contribution in [-0.2, 0) is 4.79 Å². The van der Waals surface area contributed by atoms with Crippen LogP contribution in [0.5, 0.6) is 0 Å². The van der Waals surface area contributed by atoms with E-state index in [9.17, 15) is 4.79 Å². The highest BCUT2D eigenvalue weighted by molar-refractivity contribution is 14.0. The third kappa shape index (κ3) is 6.34. The maximum absolute atomic E-state index is 12.7. The Morgan fingerprint density at radius 1 is 1.11 bits per heavy atom. The van der Waals surface area contributed by atoms with E-state index in [1.807, 2.05) is 4.90 Å². The fourth-order valence-electron chi connectivity index (χ4n) is 4.34. The summed E-state index contributed by atoms with van der Waals surface area (Å²) < 4.78 is 0. The van der Waals surface area contributed by atoms with Gasteiger partial charge in [-0.3, -0.25) is 14.7 Å². The molecule has 0 aromatic heterocycles. The van der Waals surface area contributed by atoms with Crippen LogP contribution >= 0.6 is 24.0 Å². The van der Waals surface area contributed by atoms with Crippen molar-refractivity contribution in [2.45, 2.75) is 52.0 Å². The summed E-state index contributed by atoms with van der Waals surface area (Å²) in [5, 5.41) is 3.47. The van der Waals surface area contributed by atoms with Crippen molar-refractivity contribution in [1.82, 2.24) is 20.0 Å². The minimum Gasteiger partial charge on any atom is -0.357 e. The van der Waals surface area contributed by atoms with E-state index >= 15 is 0 Å². The predicted octanol–water partition coefficient (Wildman–Crippen LogP) is 2.55. The van der Waals surface area contributed by atoms with E-state index in [1.54, 1.807) is 0 Å². The number of carbonyl (C=O) groups excluding carboxylic acids is 1. The third-order valence-corrected chi connectivity index (χ3v) is 6.15. The van der Waals surface area contributed by atoms with Gasteiger partial charge in [0.1, 0.15) is 0 Å². The molecule has 2 heterocycles. The lowest BCUT2D eigenvalue weighted by molar-refractivity contribution is -0.135. The van der Waals surface area contributed by atoms with Crippen molar-refractivity contribution in [3.63, 3.8) is 0 Å². The van der Waals surface area contributed by atoms with Crippen molar-refractivity contribution in [2.75, 3.05) is 52.4 Å². The monoisotopic (exact) mass is 503 g/mol. The van der Waals surface area contributed by atoms with Crippen LogP contribution in [0, 0.1) is 5.92 Å². The van der Waals surface area contributed by atoms with Crippen molar-refractivity contribution < 1.29 is 4.79 Å². The summed E-state index contributed by atoms with van der Waals surface area (Å²) in [5.74, 6) is 2.04. The Balaban J connectivity index is 0.00000280. The second-order valence-corrected chi connectivity index (χ2v) is 8.08. The molecule has 2 saturated heterocycles. The Morgan fingerprint density at radius 2 is 1.82 bits per heavy atom. The second-order valence-electron chi connectivity index (χ2n) is 8.08. The lowest BCUT2D eigenvalue weighted by Crippen LogP contribution is -2.57. The number of nitrogens with zero attached hydrogens (tertiary/aromatic N) is 4. The van der Waals surface area contributed by atoms with Gasteiger partial charge in [-0.15, -0.1) is 24.0 Å². The minimum atomic E-state index is -0.00111. The SMILES string of the molecule is CCNC(=NCC1CC=CCC1)N1CCN(C(C)C(=O)N2CCCC2)CC1.I. The van der Waals surface area contributed by atoms with Crippen LogP contribution in [0.15, 0.2) is 17.1 Å². The molecule has 2 aliphatic heterocycles. The number of amides is 1. The lowest BCUT2D eigenvalue weighted by atomic mass is 9.95. The molecule has 160 valence electrons. The molecule has 2 unspecified atom stereocenters. The fraction of sp³-hybridized carbons (Fsp3) is 0.810. The van der Waals surface area contributed by atoms with Crippen LogP contribution in [0.3, 0.4) is 0 Å². The summed E-state index contributed by atoms with van der Waals surface area (Å²) in [5.41, 5.74) is 0. The molecular formula is C21H38IN5O. The van der Waals surface area contributed by atoms with Crippen LogP contribution in [0.1, 0.15) is 46.0 Å². The van der Waals surface area contributed by atoms with Gasteiger partial charge in [-0.1, -0.05) is 12.2 Å². The number of hydrogen-bond donors (Lipinski definition) is 1. The lowest BCUT2D eigenvalue weighted by Gasteiger charge is -2.39. The zero-order chi connectivity index (χ0) is 19.1. The quantitative estimate of drug-likeness (QED) is 0.271. The average Bonchev–Trinajstić information content (AvgIpc) is 3.26. The van der Waals surface area contributed by atoms with Crippen molar-refractivity contribution in [1.29, 1.82) is 0 Å². The Kier molecular flexibility index (Phi) is 10.0. The summed E-state index contributed by atoms with van der Waals surface area (Å²) >= 11 is 0. The highest BCUT2D eigenvalue weighted by Crippen LogP contribution is 2.18. The number of rotatable bonds is 5. The highest BCUT2D eigenvalue weighted by atomic mass is 127. The summed E-state index contributed by atoms with van der Waals surface area (Å²) in [6.07, 6.45) is 10.5. The van der Waals surface area contributed by atoms with Crippen molar-refractivity contribution in [3.05, 3.63) is 12.2 Å². The molecule has 0 aromatic carbocycles. The maximum atomic E-state index is 12.7. The van der Waals surface area contributed by atoms with Crippen LogP contribution in [-0.4, -0.2) is 85.0 Å². The summed E-state index contributed by atoms with van der Waals surface area (Å²) in [6, 6.07) is -0.00111. The maximum Gasteiger partial charge on any atom is 0.239 e. The van der Waals surface area contributed by atoms with Gasteiger partial charge in [0.25, 0.3) is 0 Å². The molecule has 0 saturated carbocycles. The Hall–Kier alpha value is -0.830. The van der Waals surface area contributed by atoms with Gasteiger partial charge in [0.15, 0.2) is 5.96 Å². The number of aliphatic imine (C=N–C) groups is 1. The molecule has 1 N–H and O–H groups in total. The van der Waals surface area contributed by atoms with Gasteiger partial charge in [0.2, 0.25) is 5.91 Å². The molecular weight excluding hydrogens is 465 g/mol. The normalized spacial score (nSPS) is 24.8. The summed E-state index contributed by atoms with van der Waals surface area (Å²) in [4.78, 5) is 24.4. The standard InChI is InChI=1S/C21H37N5O.HI/c1-3-22-21(23-17-19-9-5-4-6-10-19)26-15-13-24(14-16-26)18(2)20(27)25-11-7-8-12-25;/h4-5,18-19H,3,6-17H2,1-2H3,(H,22,23);1H. The number of guanidine groups is 1. The topological polar surface area (TPSA) is 51.2 Å². The van der Waals surface area contributed by atoms with Gasteiger partial charge in [0, 0.05) is 52.4 Å². The molecule has 0 bridgehead atoms. The molecule has 6 nitrogen and oxygen atoms in total. The molecule has 1 amide bonds. The minimum absolute atomic E-state index is 0. The van der Waals surface area contributed by atoms with Gasteiger partial charge in [0.05, 0.1) is 6.04 Å². The van der Waals surface area contributed by atoms with Crippen LogP contribution in [0.4, 0.5) is 0 Å². The molecule has 0 radical (unpaired) electrons. The van der Waals surface area contributed by atoms with E-state index < -0.39 is 0 Å². The first-order valence-corrected chi connectivity index (χ1v) is 10.9. The van der Waals surface area contributed by atoms with E-state index in [-0.39, 0.29) is 30.0 Å². The van der Waals surface area contributed by atoms with E-state index in [4.69, 9.17) is 4.99 Å². The van der Waals surface area contributed by atoms with E-state index in [0.717, 1.165) is 77.6 Å². The molecule has 2 fully saturated rings. The molecule has 3 aliphatic rings.